The van der Waals surface area contributed by atoms with Crippen molar-refractivity contribution in [3.8, 4) is 0 Å². The SMILES string of the molecule is C=CCC[C@](C)(C1CCCC1)C1C2CCCCC2C2CCCCC21. The molecule has 0 radical (unpaired) electrons. The van der Waals surface area contributed by atoms with E-state index >= 15 is 0 Å². The summed E-state index contributed by atoms with van der Waals surface area (Å²) in [6, 6.07) is 0. The van der Waals surface area contributed by atoms with E-state index in [1.54, 1.807) is 25.7 Å². The van der Waals surface area contributed by atoms with Gasteiger partial charge in [-0.3, -0.25) is 0 Å². The monoisotopic (exact) mass is 328 g/mol. The molecule has 5 atom stereocenters. The molecule has 0 aromatic carbocycles. The number of hydrogen-bond acceptors (Lipinski definition) is 0. The predicted octanol–water partition coefficient (Wildman–Crippen LogP) is 7.39. The highest BCUT2D eigenvalue weighted by Gasteiger charge is 2.58. The highest BCUT2D eigenvalue weighted by Crippen LogP contribution is 2.65. The summed E-state index contributed by atoms with van der Waals surface area (Å²) in [5, 5.41) is 0. The Hall–Kier alpha value is -0.260. The zero-order chi connectivity index (χ0) is 16.6. The van der Waals surface area contributed by atoms with Gasteiger partial charge in [0.15, 0.2) is 0 Å². The standard InChI is InChI=1S/C24H40/c1-3-4-17-24(2,18-11-5-6-12-18)23-21-15-9-7-13-19(21)20-14-8-10-16-22(20)23/h3,18-23H,1,4-17H2,2H3/t19?,20?,21?,22?,23?,24-/m1/s1. The smallest absolute Gasteiger partial charge is 0.0261 e. The van der Waals surface area contributed by atoms with Crippen LogP contribution in [0.4, 0.5) is 0 Å². The van der Waals surface area contributed by atoms with Crippen LogP contribution < -0.4 is 0 Å². The molecular weight excluding hydrogens is 288 g/mol. The van der Waals surface area contributed by atoms with E-state index in [1.165, 1.54) is 64.2 Å². The van der Waals surface area contributed by atoms with Crippen molar-refractivity contribution in [2.24, 2.45) is 40.9 Å². The van der Waals surface area contributed by atoms with E-state index in [1.807, 2.05) is 0 Å². The van der Waals surface area contributed by atoms with Crippen molar-refractivity contribution in [3.05, 3.63) is 12.7 Å². The first-order valence-corrected chi connectivity index (χ1v) is 11.4. The third-order valence-corrected chi connectivity index (χ3v) is 9.16. The van der Waals surface area contributed by atoms with Crippen LogP contribution in [0.5, 0.6) is 0 Å². The molecule has 4 saturated carbocycles. The van der Waals surface area contributed by atoms with Gasteiger partial charge >= 0.3 is 0 Å². The topological polar surface area (TPSA) is 0 Å². The quantitative estimate of drug-likeness (QED) is 0.461. The van der Waals surface area contributed by atoms with Crippen molar-refractivity contribution in [1.29, 1.82) is 0 Å². The maximum absolute atomic E-state index is 4.08. The Balaban J connectivity index is 1.67. The molecule has 0 saturated heterocycles. The summed E-state index contributed by atoms with van der Waals surface area (Å²) >= 11 is 0. The Kier molecular flexibility index (Phi) is 5.12. The number of hydrogen-bond donors (Lipinski definition) is 0. The van der Waals surface area contributed by atoms with E-state index in [0.717, 1.165) is 35.5 Å². The fourth-order valence-corrected chi connectivity index (χ4v) is 8.27. The summed E-state index contributed by atoms with van der Waals surface area (Å²) in [5.41, 5.74) is 0.613. The molecule has 4 aliphatic rings. The maximum atomic E-state index is 4.08. The summed E-state index contributed by atoms with van der Waals surface area (Å²) < 4.78 is 0. The number of fused-ring (bicyclic) bond motifs is 3. The molecule has 4 unspecified atom stereocenters. The molecule has 24 heavy (non-hydrogen) atoms. The molecule has 0 aromatic heterocycles. The van der Waals surface area contributed by atoms with Crippen LogP contribution in [0.1, 0.15) is 96.8 Å². The van der Waals surface area contributed by atoms with Gasteiger partial charge in [0.1, 0.15) is 0 Å². The van der Waals surface area contributed by atoms with E-state index in [0.29, 0.717) is 5.41 Å². The van der Waals surface area contributed by atoms with Crippen LogP contribution in [-0.2, 0) is 0 Å². The molecule has 136 valence electrons. The molecule has 4 rings (SSSR count). The lowest BCUT2D eigenvalue weighted by Crippen LogP contribution is -2.41. The van der Waals surface area contributed by atoms with Crippen LogP contribution in [0.2, 0.25) is 0 Å². The van der Waals surface area contributed by atoms with E-state index in [-0.39, 0.29) is 0 Å². The molecule has 0 N–H and O–H groups in total. The van der Waals surface area contributed by atoms with Crippen molar-refractivity contribution in [3.63, 3.8) is 0 Å². The normalized spacial score (nSPS) is 42.3. The van der Waals surface area contributed by atoms with Crippen molar-refractivity contribution in [2.45, 2.75) is 96.8 Å². The summed E-state index contributed by atoms with van der Waals surface area (Å²) in [4.78, 5) is 0. The van der Waals surface area contributed by atoms with Crippen molar-refractivity contribution in [1.82, 2.24) is 0 Å². The minimum absolute atomic E-state index is 0.613. The minimum Gasteiger partial charge on any atom is -0.103 e. The number of allylic oxidation sites excluding steroid dienone is 1. The third kappa shape index (κ3) is 2.80. The van der Waals surface area contributed by atoms with E-state index in [4.69, 9.17) is 0 Å². The fourth-order valence-electron chi connectivity index (χ4n) is 8.27. The lowest BCUT2D eigenvalue weighted by atomic mass is 9.57. The molecule has 0 amide bonds. The van der Waals surface area contributed by atoms with Gasteiger partial charge in [-0.15, -0.1) is 6.58 Å². The Morgan fingerprint density at radius 2 is 1.21 bits per heavy atom. The second-order valence-electron chi connectivity index (χ2n) is 10.1. The summed E-state index contributed by atoms with van der Waals surface area (Å²) in [5.74, 6) is 6.46. The Morgan fingerprint density at radius 3 is 1.71 bits per heavy atom. The maximum Gasteiger partial charge on any atom is -0.0261 e. The summed E-state index contributed by atoms with van der Waals surface area (Å²) in [6.45, 7) is 6.83. The third-order valence-electron chi connectivity index (χ3n) is 9.16. The first-order chi connectivity index (χ1) is 11.8. The van der Waals surface area contributed by atoms with E-state index in [9.17, 15) is 0 Å². The molecule has 0 aliphatic heterocycles. The lowest BCUT2D eigenvalue weighted by molar-refractivity contribution is 0.00803. The van der Waals surface area contributed by atoms with Crippen LogP contribution >= 0.6 is 0 Å². The van der Waals surface area contributed by atoms with Gasteiger partial charge in [0.2, 0.25) is 0 Å². The van der Waals surface area contributed by atoms with Crippen LogP contribution in [0.3, 0.4) is 0 Å². The molecular formula is C24H40. The zero-order valence-electron chi connectivity index (χ0n) is 16.1. The first-order valence-electron chi connectivity index (χ1n) is 11.4. The second kappa shape index (κ2) is 7.16. The van der Waals surface area contributed by atoms with Gasteiger partial charge in [0.25, 0.3) is 0 Å². The Morgan fingerprint density at radius 1 is 0.750 bits per heavy atom. The summed E-state index contributed by atoms with van der Waals surface area (Å²) in [6.07, 6.45) is 23.3. The van der Waals surface area contributed by atoms with Crippen molar-refractivity contribution >= 4 is 0 Å². The van der Waals surface area contributed by atoms with Gasteiger partial charge in [0.05, 0.1) is 0 Å². The molecule has 0 spiro atoms. The number of rotatable bonds is 5. The molecule has 0 heteroatoms. The lowest BCUT2D eigenvalue weighted by Gasteiger charge is -2.48. The minimum atomic E-state index is 0.613. The van der Waals surface area contributed by atoms with Gasteiger partial charge in [0, 0.05) is 0 Å². The summed E-state index contributed by atoms with van der Waals surface area (Å²) in [7, 11) is 0. The largest absolute Gasteiger partial charge is 0.103 e. The average Bonchev–Trinajstić information content (AvgIpc) is 3.26. The van der Waals surface area contributed by atoms with Crippen LogP contribution in [-0.4, -0.2) is 0 Å². The molecule has 0 nitrogen and oxygen atoms in total. The molecule has 0 aromatic rings. The van der Waals surface area contributed by atoms with Gasteiger partial charge in [-0.05, 0) is 92.3 Å². The zero-order valence-corrected chi connectivity index (χ0v) is 16.1. The van der Waals surface area contributed by atoms with Gasteiger partial charge in [-0.1, -0.05) is 51.5 Å². The van der Waals surface area contributed by atoms with Crippen LogP contribution in [0.25, 0.3) is 0 Å². The second-order valence-corrected chi connectivity index (χ2v) is 10.1. The van der Waals surface area contributed by atoms with Gasteiger partial charge < -0.3 is 0 Å². The van der Waals surface area contributed by atoms with E-state index in [2.05, 4.69) is 19.6 Å². The highest BCUT2D eigenvalue weighted by molar-refractivity contribution is 5.07. The fraction of sp³-hybridized carbons (Fsp3) is 0.917. The van der Waals surface area contributed by atoms with Gasteiger partial charge in [-0.25, -0.2) is 0 Å². The van der Waals surface area contributed by atoms with Gasteiger partial charge in [-0.2, -0.15) is 0 Å². The average molecular weight is 329 g/mol. The van der Waals surface area contributed by atoms with Crippen molar-refractivity contribution in [2.75, 3.05) is 0 Å². The van der Waals surface area contributed by atoms with Crippen molar-refractivity contribution < 1.29 is 0 Å². The Labute approximate surface area is 150 Å². The van der Waals surface area contributed by atoms with E-state index < -0.39 is 0 Å². The van der Waals surface area contributed by atoms with Crippen LogP contribution in [0.15, 0.2) is 12.7 Å². The molecule has 4 aliphatic carbocycles. The van der Waals surface area contributed by atoms with Crippen LogP contribution in [0, 0.1) is 40.9 Å². The molecule has 0 heterocycles. The first kappa shape index (κ1) is 17.2. The molecule has 0 bridgehead atoms. The Bertz CT molecular complexity index is 409. The highest BCUT2D eigenvalue weighted by atomic mass is 14.6. The molecule has 4 fully saturated rings. The predicted molar refractivity (Wildman–Crippen MR) is 104 cm³/mol.